The number of rotatable bonds is 6. The molecule has 0 saturated carbocycles. The van der Waals surface area contributed by atoms with Crippen molar-refractivity contribution < 1.29 is 9.84 Å². The Balaban J connectivity index is 1.77. The first-order valence-corrected chi connectivity index (χ1v) is 7.37. The molecule has 0 aliphatic rings. The molecule has 3 nitrogen and oxygen atoms in total. The van der Waals surface area contributed by atoms with Gasteiger partial charge in [-0.25, -0.2) is 0 Å². The van der Waals surface area contributed by atoms with Gasteiger partial charge in [0, 0.05) is 16.7 Å². The summed E-state index contributed by atoms with van der Waals surface area (Å²) in [4.78, 5) is 0. The second kappa shape index (κ2) is 7.53. The van der Waals surface area contributed by atoms with Gasteiger partial charge in [0.2, 0.25) is 0 Å². The summed E-state index contributed by atoms with van der Waals surface area (Å²) in [5, 5.41) is 13.6. The Morgan fingerprint density at radius 3 is 2.65 bits per heavy atom. The van der Waals surface area contributed by atoms with Gasteiger partial charge >= 0.3 is 0 Å². The molecule has 5 heteroatoms. The topological polar surface area (TPSA) is 41.5 Å². The zero-order valence-electron chi connectivity index (χ0n) is 10.7. The number of nitrogens with one attached hydrogen (secondary N) is 1. The summed E-state index contributed by atoms with van der Waals surface area (Å²) in [6.45, 7) is 0.631. The SMILES string of the molecule is OC(CNc1ccc(Br)c(Cl)c1)COc1ccccc1. The fourth-order valence-corrected chi connectivity index (χ4v) is 2.04. The van der Waals surface area contributed by atoms with Crippen LogP contribution in [-0.2, 0) is 0 Å². The minimum atomic E-state index is -0.599. The summed E-state index contributed by atoms with van der Waals surface area (Å²) in [5.41, 5.74) is 0.858. The number of aliphatic hydroxyl groups excluding tert-OH is 1. The van der Waals surface area contributed by atoms with Gasteiger partial charge in [-0.3, -0.25) is 0 Å². The van der Waals surface area contributed by atoms with E-state index in [2.05, 4.69) is 21.2 Å². The predicted octanol–water partition coefficient (Wildman–Crippen LogP) is 3.95. The molecule has 1 unspecified atom stereocenters. The molecule has 0 aliphatic carbocycles. The Labute approximate surface area is 131 Å². The largest absolute Gasteiger partial charge is 0.491 e. The number of hydrogen-bond donors (Lipinski definition) is 2. The molecule has 0 bridgehead atoms. The summed E-state index contributed by atoms with van der Waals surface area (Å²) in [5.74, 6) is 0.748. The van der Waals surface area contributed by atoms with E-state index in [-0.39, 0.29) is 6.61 Å². The smallest absolute Gasteiger partial charge is 0.119 e. The lowest BCUT2D eigenvalue weighted by molar-refractivity contribution is 0.117. The maximum Gasteiger partial charge on any atom is 0.119 e. The van der Waals surface area contributed by atoms with E-state index in [4.69, 9.17) is 16.3 Å². The second-order valence-corrected chi connectivity index (χ2v) is 5.55. The minimum Gasteiger partial charge on any atom is -0.491 e. The van der Waals surface area contributed by atoms with Gasteiger partial charge in [0.05, 0.1) is 5.02 Å². The van der Waals surface area contributed by atoms with Crippen molar-refractivity contribution in [1.29, 1.82) is 0 Å². The van der Waals surface area contributed by atoms with Crippen molar-refractivity contribution in [3.63, 3.8) is 0 Å². The first kappa shape index (κ1) is 15.2. The summed E-state index contributed by atoms with van der Waals surface area (Å²) < 4.78 is 6.32. The van der Waals surface area contributed by atoms with Gasteiger partial charge in [-0.15, -0.1) is 0 Å². The standard InChI is InChI=1S/C15H15BrClNO2/c16-14-7-6-11(8-15(14)17)18-9-12(19)10-20-13-4-2-1-3-5-13/h1-8,12,18-19H,9-10H2. The molecular formula is C15H15BrClNO2. The molecule has 0 heterocycles. The van der Waals surface area contributed by atoms with E-state index in [1.165, 1.54) is 0 Å². The lowest BCUT2D eigenvalue weighted by Gasteiger charge is -2.14. The third-order valence-corrected chi connectivity index (χ3v) is 3.88. The van der Waals surface area contributed by atoms with Crippen molar-refractivity contribution in [3.8, 4) is 5.75 Å². The fraction of sp³-hybridized carbons (Fsp3) is 0.200. The summed E-state index contributed by atoms with van der Waals surface area (Å²) in [7, 11) is 0. The highest BCUT2D eigenvalue weighted by atomic mass is 79.9. The van der Waals surface area contributed by atoms with E-state index in [0.29, 0.717) is 11.6 Å². The highest BCUT2D eigenvalue weighted by Gasteiger charge is 2.06. The van der Waals surface area contributed by atoms with E-state index in [9.17, 15) is 5.11 Å². The van der Waals surface area contributed by atoms with Crippen LogP contribution >= 0.6 is 27.5 Å². The number of ether oxygens (including phenoxy) is 1. The minimum absolute atomic E-state index is 0.237. The molecule has 106 valence electrons. The molecule has 2 aromatic carbocycles. The number of aliphatic hydroxyl groups is 1. The Kier molecular flexibility index (Phi) is 5.71. The van der Waals surface area contributed by atoms with E-state index in [0.717, 1.165) is 15.9 Å². The van der Waals surface area contributed by atoms with E-state index >= 15 is 0 Å². The molecule has 0 aromatic heterocycles. The molecule has 0 fully saturated rings. The van der Waals surface area contributed by atoms with Crippen LogP contribution < -0.4 is 10.1 Å². The highest BCUT2D eigenvalue weighted by molar-refractivity contribution is 9.10. The number of benzene rings is 2. The Morgan fingerprint density at radius 1 is 1.20 bits per heavy atom. The molecule has 0 spiro atoms. The second-order valence-electron chi connectivity index (χ2n) is 4.29. The predicted molar refractivity (Wildman–Crippen MR) is 85.6 cm³/mol. The molecule has 2 N–H and O–H groups in total. The normalized spacial score (nSPS) is 11.9. The molecule has 2 aromatic rings. The van der Waals surface area contributed by atoms with Crippen LogP contribution in [0.3, 0.4) is 0 Å². The lowest BCUT2D eigenvalue weighted by atomic mass is 10.3. The van der Waals surface area contributed by atoms with Crippen molar-refractivity contribution >= 4 is 33.2 Å². The zero-order chi connectivity index (χ0) is 14.4. The van der Waals surface area contributed by atoms with Crippen molar-refractivity contribution in [2.45, 2.75) is 6.10 Å². The molecule has 2 rings (SSSR count). The maximum atomic E-state index is 9.87. The third-order valence-electron chi connectivity index (χ3n) is 2.65. The maximum absolute atomic E-state index is 9.87. The molecule has 0 aliphatic heterocycles. The van der Waals surface area contributed by atoms with Crippen molar-refractivity contribution in [3.05, 3.63) is 58.0 Å². The van der Waals surface area contributed by atoms with Crippen LogP contribution in [0.5, 0.6) is 5.75 Å². The average molecular weight is 357 g/mol. The first-order valence-electron chi connectivity index (χ1n) is 6.20. The van der Waals surface area contributed by atoms with E-state index in [1.54, 1.807) is 6.07 Å². The van der Waals surface area contributed by atoms with Crippen LogP contribution in [0.15, 0.2) is 53.0 Å². The summed E-state index contributed by atoms with van der Waals surface area (Å²) in [6.07, 6.45) is -0.599. The molecule has 20 heavy (non-hydrogen) atoms. The van der Waals surface area contributed by atoms with E-state index in [1.807, 2.05) is 42.5 Å². The lowest BCUT2D eigenvalue weighted by Crippen LogP contribution is -2.26. The number of hydrogen-bond acceptors (Lipinski definition) is 3. The molecule has 1 atom stereocenters. The monoisotopic (exact) mass is 355 g/mol. The average Bonchev–Trinajstić information content (AvgIpc) is 2.47. The van der Waals surface area contributed by atoms with Gasteiger partial charge in [0.1, 0.15) is 18.5 Å². The van der Waals surface area contributed by atoms with Crippen molar-refractivity contribution in [2.24, 2.45) is 0 Å². The molecule has 0 radical (unpaired) electrons. The quantitative estimate of drug-likeness (QED) is 0.823. The number of anilines is 1. The molecular weight excluding hydrogens is 342 g/mol. The van der Waals surface area contributed by atoms with Crippen LogP contribution in [-0.4, -0.2) is 24.4 Å². The summed E-state index contributed by atoms with van der Waals surface area (Å²) >= 11 is 9.33. The van der Waals surface area contributed by atoms with Gasteiger partial charge in [0.15, 0.2) is 0 Å². The fourth-order valence-electron chi connectivity index (χ4n) is 1.61. The Morgan fingerprint density at radius 2 is 1.95 bits per heavy atom. The Bertz CT molecular complexity index is 551. The van der Waals surface area contributed by atoms with Crippen LogP contribution in [0.1, 0.15) is 0 Å². The van der Waals surface area contributed by atoms with Crippen molar-refractivity contribution in [2.75, 3.05) is 18.5 Å². The van der Waals surface area contributed by atoms with Crippen LogP contribution in [0.25, 0.3) is 0 Å². The van der Waals surface area contributed by atoms with Crippen LogP contribution in [0, 0.1) is 0 Å². The van der Waals surface area contributed by atoms with Crippen LogP contribution in [0.2, 0.25) is 5.02 Å². The number of para-hydroxylation sites is 1. The van der Waals surface area contributed by atoms with Gasteiger partial charge in [0.25, 0.3) is 0 Å². The Hall–Kier alpha value is -1.23. The third kappa shape index (κ3) is 4.71. The van der Waals surface area contributed by atoms with Gasteiger partial charge in [-0.2, -0.15) is 0 Å². The summed E-state index contributed by atoms with van der Waals surface area (Å²) in [6, 6.07) is 15.0. The zero-order valence-corrected chi connectivity index (χ0v) is 13.1. The van der Waals surface area contributed by atoms with Crippen molar-refractivity contribution in [1.82, 2.24) is 0 Å². The first-order chi connectivity index (χ1) is 9.65. The van der Waals surface area contributed by atoms with Gasteiger partial charge < -0.3 is 15.2 Å². The van der Waals surface area contributed by atoms with Gasteiger partial charge in [-0.05, 0) is 46.3 Å². The highest BCUT2D eigenvalue weighted by Crippen LogP contribution is 2.25. The van der Waals surface area contributed by atoms with E-state index < -0.39 is 6.10 Å². The van der Waals surface area contributed by atoms with Crippen LogP contribution in [0.4, 0.5) is 5.69 Å². The molecule has 0 amide bonds. The number of halogens is 2. The van der Waals surface area contributed by atoms with Gasteiger partial charge in [-0.1, -0.05) is 29.8 Å². The molecule has 0 saturated heterocycles.